The van der Waals surface area contributed by atoms with Crippen molar-refractivity contribution in [1.82, 2.24) is 10.2 Å². The predicted molar refractivity (Wildman–Crippen MR) is 106 cm³/mol. The predicted octanol–water partition coefficient (Wildman–Crippen LogP) is 3.04. The summed E-state index contributed by atoms with van der Waals surface area (Å²) >= 11 is 0. The van der Waals surface area contributed by atoms with Crippen LogP contribution in [-0.4, -0.2) is 37.4 Å². The second kappa shape index (κ2) is 9.21. The van der Waals surface area contributed by atoms with Gasteiger partial charge < -0.3 is 15.0 Å². The van der Waals surface area contributed by atoms with Gasteiger partial charge in [-0.05, 0) is 43.5 Å². The lowest BCUT2D eigenvalue weighted by atomic mass is 9.90. The van der Waals surface area contributed by atoms with Crippen molar-refractivity contribution in [2.45, 2.75) is 26.8 Å². The van der Waals surface area contributed by atoms with Gasteiger partial charge in [0.1, 0.15) is 11.2 Å². The number of rotatable bonds is 8. The lowest BCUT2D eigenvalue weighted by molar-refractivity contribution is -0.148. The van der Waals surface area contributed by atoms with Crippen molar-refractivity contribution >= 4 is 11.8 Å². The lowest BCUT2D eigenvalue weighted by Gasteiger charge is -2.28. The number of hydrogen-bond donors (Lipinski definition) is 1. The Hall–Kier alpha value is -2.82. The smallest absolute Gasteiger partial charge is 0.237 e. The molecule has 2 aromatic carbocycles. The molecule has 27 heavy (non-hydrogen) atoms. The molecule has 0 aromatic heterocycles. The van der Waals surface area contributed by atoms with E-state index in [-0.39, 0.29) is 11.8 Å². The largest absolute Gasteiger partial charge is 0.497 e. The molecule has 0 bridgehead atoms. The van der Waals surface area contributed by atoms with Crippen LogP contribution in [0.1, 0.15) is 25.0 Å². The fourth-order valence-electron chi connectivity index (χ4n) is 2.87. The third-order valence-corrected chi connectivity index (χ3v) is 4.54. The van der Waals surface area contributed by atoms with Crippen molar-refractivity contribution in [2.24, 2.45) is 5.41 Å². The van der Waals surface area contributed by atoms with Crippen LogP contribution in [0.5, 0.6) is 5.75 Å². The van der Waals surface area contributed by atoms with Crippen LogP contribution in [0.25, 0.3) is 0 Å². The van der Waals surface area contributed by atoms with Gasteiger partial charge in [-0.25, -0.2) is 0 Å². The average Bonchev–Trinajstić information content (AvgIpc) is 2.68. The van der Waals surface area contributed by atoms with Gasteiger partial charge >= 0.3 is 0 Å². The first kappa shape index (κ1) is 20.5. The van der Waals surface area contributed by atoms with Crippen LogP contribution in [0.3, 0.4) is 0 Å². The second-order valence-corrected chi connectivity index (χ2v) is 7.13. The van der Waals surface area contributed by atoms with Crippen LogP contribution >= 0.6 is 0 Å². The van der Waals surface area contributed by atoms with Crippen LogP contribution in [0.15, 0.2) is 54.6 Å². The zero-order chi connectivity index (χ0) is 19.9. The van der Waals surface area contributed by atoms with Gasteiger partial charge in [0.2, 0.25) is 11.8 Å². The molecule has 0 atom stereocenters. The fourth-order valence-corrected chi connectivity index (χ4v) is 2.87. The van der Waals surface area contributed by atoms with Crippen LogP contribution in [0, 0.1) is 5.41 Å². The molecular formula is C22H28N2O3. The van der Waals surface area contributed by atoms with E-state index in [4.69, 9.17) is 4.74 Å². The molecule has 0 saturated carbocycles. The normalized spacial score (nSPS) is 11.0. The van der Waals surface area contributed by atoms with E-state index in [9.17, 15) is 9.59 Å². The second-order valence-electron chi connectivity index (χ2n) is 7.13. The fraction of sp³-hybridized carbons (Fsp3) is 0.364. The summed E-state index contributed by atoms with van der Waals surface area (Å²) in [6.45, 7) is 4.26. The molecule has 2 aromatic rings. The monoisotopic (exact) mass is 368 g/mol. The summed E-state index contributed by atoms with van der Waals surface area (Å²) < 4.78 is 5.21. The summed E-state index contributed by atoms with van der Waals surface area (Å²) in [5.41, 5.74) is 0.973. The number of carbonyl (C=O) groups is 2. The maximum Gasteiger partial charge on any atom is 0.237 e. The van der Waals surface area contributed by atoms with Gasteiger partial charge in [-0.3, -0.25) is 9.59 Å². The number of methoxy groups -OCH3 is 1. The number of nitrogens with zero attached hydrogens (tertiary/aromatic N) is 1. The van der Waals surface area contributed by atoms with Crippen molar-refractivity contribution in [2.75, 3.05) is 20.7 Å². The van der Waals surface area contributed by atoms with Crippen molar-refractivity contribution in [1.29, 1.82) is 0 Å². The molecule has 0 fully saturated rings. The Morgan fingerprint density at radius 1 is 1.04 bits per heavy atom. The zero-order valence-electron chi connectivity index (χ0n) is 16.5. The highest BCUT2D eigenvalue weighted by molar-refractivity contribution is 6.04. The van der Waals surface area contributed by atoms with Crippen molar-refractivity contribution in [3.63, 3.8) is 0 Å². The molecule has 2 amide bonds. The Morgan fingerprint density at radius 2 is 1.70 bits per heavy atom. The molecule has 5 heteroatoms. The Kier molecular flexibility index (Phi) is 6.99. The molecule has 0 aliphatic carbocycles. The quantitative estimate of drug-likeness (QED) is 0.729. The molecule has 0 aliphatic heterocycles. The Morgan fingerprint density at radius 3 is 2.37 bits per heavy atom. The highest BCUT2D eigenvalue weighted by Gasteiger charge is 2.37. The molecule has 2 rings (SSSR count). The molecule has 1 N–H and O–H groups in total. The summed E-state index contributed by atoms with van der Waals surface area (Å²) in [6, 6.07) is 17.5. The van der Waals surface area contributed by atoms with E-state index >= 15 is 0 Å². The number of ether oxygens (including phenoxy) is 1. The van der Waals surface area contributed by atoms with Crippen LogP contribution in [-0.2, 0) is 22.6 Å². The minimum absolute atomic E-state index is 0.203. The van der Waals surface area contributed by atoms with E-state index in [1.807, 2.05) is 54.6 Å². The topological polar surface area (TPSA) is 58.6 Å². The average molecular weight is 368 g/mol. The Balaban J connectivity index is 1.90. The van der Waals surface area contributed by atoms with Crippen LogP contribution in [0.4, 0.5) is 0 Å². The summed E-state index contributed by atoms with van der Waals surface area (Å²) in [6.07, 6.45) is 0.674. The van der Waals surface area contributed by atoms with Crippen LogP contribution in [0.2, 0.25) is 0 Å². The van der Waals surface area contributed by atoms with Gasteiger partial charge in [0.05, 0.1) is 7.11 Å². The van der Waals surface area contributed by atoms with E-state index in [2.05, 4.69) is 5.32 Å². The van der Waals surface area contributed by atoms with Gasteiger partial charge in [0.25, 0.3) is 0 Å². The number of carbonyl (C=O) groups excluding carboxylic acids is 2. The van der Waals surface area contributed by atoms with Crippen LogP contribution < -0.4 is 10.1 Å². The number of amides is 2. The van der Waals surface area contributed by atoms with E-state index in [1.54, 1.807) is 32.9 Å². The van der Waals surface area contributed by atoms with E-state index in [0.29, 0.717) is 19.5 Å². The highest BCUT2D eigenvalue weighted by Crippen LogP contribution is 2.20. The minimum Gasteiger partial charge on any atom is -0.497 e. The summed E-state index contributed by atoms with van der Waals surface area (Å²) in [4.78, 5) is 27.0. The molecule has 0 aliphatic rings. The minimum atomic E-state index is -1.13. The van der Waals surface area contributed by atoms with E-state index < -0.39 is 5.41 Å². The van der Waals surface area contributed by atoms with Gasteiger partial charge in [-0.2, -0.15) is 0 Å². The first-order valence-corrected chi connectivity index (χ1v) is 9.05. The standard InChI is InChI=1S/C22H28N2O3/c1-22(2,21(26)24(3)16-18-9-6-5-7-10-18)20(25)23-14-13-17-11-8-12-19(15-17)27-4/h5-12,15H,13-14,16H2,1-4H3,(H,23,25). The summed E-state index contributed by atoms with van der Waals surface area (Å²) in [7, 11) is 3.35. The SMILES string of the molecule is COc1cccc(CCNC(=O)C(C)(C)C(=O)N(C)Cc2ccccc2)c1. The third kappa shape index (κ3) is 5.58. The first-order valence-electron chi connectivity index (χ1n) is 9.05. The van der Waals surface area contributed by atoms with Crippen molar-refractivity contribution in [3.8, 4) is 5.75 Å². The number of hydrogen-bond acceptors (Lipinski definition) is 3. The molecule has 0 heterocycles. The number of benzene rings is 2. The lowest BCUT2D eigenvalue weighted by Crippen LogP contribution is -2.48. The third-order valence-electron chi connectivity index (χ3n) is 4.54. The Bertz CT molecular complexity index is 772. The molecular weight excluding hydrogens is 340 g/mol. The molecule has 5 nitrogen and oxygen atoms in total. The molecule has 0 unspecified atom stereocenters. The molecule has 144 valence electrons. The maximum absolute atomic E-state index is 12.8. The first-order chi connectivity index (χ1) is 12.8. The highest BCUT2D eigenvalue weighted by atomic mass is 16.5. The summed E-state index contributed by atoms with van der Waals surface area (Å²) in [5, 5.41) is 2.88. The van der Waals surface area contributed by atoms with Crippen molar-refractivity contribution in [3.05, 3.63) is 65.7 Å². The molecule has 0 spiro atoms. The Labute approximate surface area is 161 Å². The van der Waals surface area contributed by atoms with Gasteiger partial charge in [-0.15, -0.1) is 0 Å². The zero-order valence-corrected chi connectivity index (χ0v) is 16.5. The van der Waals surface area contributed by atoms with E-state index in [1.165, 1.54) is 0 Å². The number of nitrogens with one attached hydrogen (secondary N) is 1. The van der Waals surface area contributed by atoms with E-state index in [0.717, 1.165) is 16.9 Å². The van der Waals surface area contributed by atoms with Gasteiger partial charge in [0, 0.05) is 20.1 Å². The molecule has 0 saturated heterocycles. The maximum atomic E-state index is 12.8. The molecule has 0 radical (unpaired) electrons. The van der Waals surface area contributed by atoms with Gasteiger partial charge in [-0.1, -0.05) is 42.5 Å². The van der Waals surface area contributed by atoms with Crippen molar-refractivity contribution < 1.29 is 14.3 Å². The summed E-state index contributed by atoms with van der Waals surface area (Å²) in [5.74, 6) is 0.317. The van der Waals surface area contributed by atoms with Gasteiger partial charge in [0.15, 0.2) is 0 Å².